The number of rotatable bonds is 5. The molecule has 0 saturated heterocycles. The van der Waals surface area contributed by atoms with Gasteiger partial charge in [0.25, 0.3) is 0 Å². The SMILES string of the molecule is CCCC(O)CN(C)CC(C)(C)C. The second-order valence-electron chi connectivity index (χ2n) is 5.20. The van der Waals surface area contributed by atoms with Crippen molar-refractivity contribution < 1.29 is 5.11 Å². The molecule has 0 heterocycles. The van der Waals surface area contributed by atoms with Gasteiger partial charge in [-0.1, -0.05) is 34.1 Å². The standard InChI is InChI=1S/C11H25NO/c1-6-7-10(13)8-12(5)9-11(2,3)4/h10,13H,6-9H2,1-5H3. The van der Waals surface area contributed by atoms with Gasteiger partial charge in [-0.3, -0.25) is 0 Å². The van der Waals surface area contributed by atoms with E-state index < -0.39 is 0 Å². The summed E-state index contributed by atoms with van der Waals surface area (Å²) in [6.07, 6.45) is 1.82. The monoisotopic (exact) mass is 187 g/mol. The van der Waals surface area contributed by atoms with Crippen LogP contribution in [-0.4, -0.2) is 36.2 Å². The molecule has 0 fully saturated rings. The molecule has 0 rings (SSSR count). The molecule has 2 nitrogen and oxygen atoms in total. The summed E-state index contributed by atoms with van der Waals surface area (Å²) in [5.74, 6) is 0. The molecule has 0 amide bonds. The molecule has 0 aliphatic heterocycles. The summed E-state index contributed by atoms with van der Waals surface area (Å²) in [4.78, 5) is 2.21. The van der Waals surface area contributed by atoms with Crippen LogP contribution in [0.4, 0.5) is 0 Å². The van der Waals surface area contributed by atoms with Crippen molar-refractivity contribution in [3.63, 3.8) is 0 Å². The largest absolute Gasteiger partial charge is 0.392 e. The minimum absolute atomic E-state index is 0.155. The molecule has 0 radical (unpaired) electrons. The van der Waals surface area contributed by atoms with Gasteiger partial charge >= 0.3 is 0 Å². The van der Waals surface area contributed by atoms with Crippen molar-refractivity contribution in [3.05, 3.63) is 0 Å². The Morgan fingerprint density at radius 1 is 1.31 bits per heavy atom. The molecule has 0 aromatic rings. The highest BCUT2D eigenvalue weighted by Crippen LogP contribution is 2.14. The first-order valence-corrected chi connectivity index (χ1v) is 5.22. The topological polar surface area (TPSA) is 23.5 Å². The van der Waals surface area contributed by atoms with Gasteiger partial charge in [-0.15, -0.1) is 0 Å². The van der Waals surface area contributed by atoms with E-state index >= 15 is 0 Å². The van der Waals surface area contributed by atoms with Crippen molar-refractivity contribution in [2.75, 3.05) is 20.1 Å². The highest BCUT2D eigenvalue weighted by molar-refractivity contribution is 4.69. The molecule has 1 atom stereocenters. The number of hydrogen-bond donors (Lipinski definition) is 1. The normalized spacial score (nSPS) is 15.0. The Morgan fingerprint density at radius 3 is 2.23 bits per heavy atom. The molecule has 0 aromatic carbocycles. The van der Waals surface area contributed by atoms with Crippen LogP contribution in [0, 0.1) is 5.41 Å². The summed E-state index contributed by atoms with van der Waals surface area (Å²) in [6, 6.07) is 0. The molecular formula is C11H25NO. The number of hydrogen-bond acceptors (Lipinski definition) is 2. The van der Waals surface area contributed by atoms with Crippen molar-refractivity contribution in [3.8, 4) is 0 Å². The third-order valence-electron chi connectivity index (χ3n) is 1.89. The molecular weight excluding hydrogens is 162 g/mol. The number of aliphatic hydroxyl groups is 1. The van der Waals surface area contributed by atoms with Crippen molar-refractivity contribution in [2.45, 2.75) is 46.6 Å². The Kier molecular flexibility index (Phi) is 5.57. The Balaban J connectivity index is 3.67. The lowest BCUT2D eigenvalue weighted by Crippen LogP contribution is -2.35. The van der Waals surface area contributed by atoms with Crippen molar-refractivity contribution >= 4 is 0 Å². The Labute approximate surface area is 82.9 Å². The van der Waals surface area contributed by atoms with Crippen LogP contribution < -0.4 is 0 Å². The predicted octanol–water partition coefficient (Wildman–Crippen LogP) is 2.13. The van der Waals surface area contributed by atoms with Gasteiger partial charge in [-0.2, -0.15) is 0 Å². The summed E-state index contributed by atoms with van der Waals surface area (Å²) in [7, 11) is 2.07. The fourth-order valence-electron chi connectivity index (χ4n) is 1.66. The summed E-state index contributed by atoms with van der Waals surface area (Å²) < 4.78 is 0. The van der Waals surface area contributed by atoms with Crippen LogP contribution in [0.15, 0.2) is 0 Å². The van der Waals surface area contributed by atoms with E-state index in [0.717, 1.165) is 25.9 Å². The quantitative estimate of drug-likeness (QED) is 0.712. The zero-order chi connectivity index (χ0) is 10.5. The maximum absolute atomic E-state index is 9.57. The van der Waals surface area contributed by atoms with Crippen LogP contribution in [-0.2, 0) is 0 Å². The van der Waals surface area contributed by atoms with Gasteiger partial charge in [0.2, 0.25) is 0 Å². The Bertz CT molecular complexity index is 129. The van der Waals surface area contributed by atoms with E-state index in [9.17, 15) is 5.11 Å². The van der Waals surface area contributed by atoms with Gasteiger partial charge in [-0.25, -0.2) is 0 Å². The lowest BCUT2D eigenvalue weighted by atomic mass is 9.96. The highest BCUT2D eigenvalue weighted by Gasteiger charge is 2.15. The molecule has 0 aliphatic rings. The summed E-state index contributed by atoms with van der Waals surface area (Å²) in [6.45, 7) is 10.6. The van der Waals surface area contributed by atoms with Gasteiger partial charge in [0.1, 0.15) is 0 Å². The van der Waals surface area contributed by atoms with Crippen LogP contribution in [0.5, 0.6) is 0 Å². The molecule has 0 aliphatic carbocycles. The van der Waals surface area contributed by atoms with Crippen molar-refractivity contribution in [2.24, 2.45) is 5.41 Å². The van der Waals surface area contributed by atoms with Crippen molar-refractivity contribution in [1.82, 2.24) is 4.90 Å². The second kappa shape index (κ2) is 5.61. The Morgan fingerprint density at radius 2 is 1.85 bits per heavy atom. The van der Waals surface area contributed by atoms with Crippen LogP contribution in [0.1, 0.15) is 40.5 Å². The maximum Gasteiger partial charge on any atom is 0.0666 e. The molecule has 0 aromatic heterocycles. The number of nitrogens with zero attached hydrogens (tertiary/aromatic N) is 1. The zero-order valence-corrected chi connectivity index (χ0v) is 9.80. The van der Waals surface area contributed by atoms with Crippen LogP contribution >= 0.6 is 0 Å². The molecule has 13 heavy (non-hydrogen) atoms. The molecule has 0 saturated carbocycles. The smallest absolute Gasteiger partial charge is 0.0666 e. The van der Waals surface area contributed by atoms with E-state index in [0.29, 0.717) is 5.41 Å². The first-order valence-electron chi connectivity index (χ1n) is 5.22. The predicted molar refractivity (Wildman–Crippen MR) is 57.9 cm³/mol. The first kappa shape index (κ1) is 12.9. The second-order valence-corrected chi connectivity index (χ2v) is 5.20. The fourth-order valence-corrected chi connectivity index (χ4v) is 1.66. The summed E-state index contributed by atoms with van der Waals surface area (Å²) in [5, 5.41) is 9.57. The van der Waals surface area contributed by atoms with Crippen LogP contribution in [0.3, 0.4) is 0 Å². The van der Waals surface area contributed by atoms with E-state index in [1.807, 2.05) is 0 Å². The molecule has 1 N–H and O–H groups in total. The van der Waals surface area contributed by atoms with Gasteiger partial charge < -0.3 is 10.0 Å². The van der Waals surface area contributed by atoms with E-state index in [2.05, 4.69) is 39.6 Å². The third kappa shape index (κ3) is 8.26. The number of likely N-dealkylation sites (N-methyl/N-ethyl adjacent to an activating group) is 1. The van der Waals surface area contributed by atoms with Crippen LogP contribution in [0.2, 0.25) is 0 Å². The minimum Gasteiger partial charge on any atom is -0.392 e. The maximum atomic E-state index is 9.57. The highest BCUT2D eigenvalue weighted by atomic mass is 16.3. The van der Waals surface area contributed by atoms with E-state index in [-0.39, 0.29) is 6.10 Å². The van der Waals surface area contributed by atoms with E-state index in [1.54, 1.807) is 0 Å². The lowest BCUT2D eigenvalue weighted by molar-refractivity contribution is 0.101. The number of aliphatic hydroxyl groups excluding tert-OH is 1. The molecule has 0 bridgehead atoms. The Hall–Kier alpha value is -0.0800. The van der Waals surface area contributed by atoms with E-state index in [4.69, 9.17) is 0 Å². The van der Waals surface area contributed by atoms with Gasteiger partial charge in [0.05, 0.1) is 6.10 Å². The van der Waals surface area contributed by atoms with Crippen molar-refractivity contribution in [1.29, 1.82) is 0 Å². The lowest BCUT2D eigenvalue weighted by Gasteiger charge is -2.28. The molecule has 0 spiro atoms. The zero-order valence-electron chi connectivity index (χ0n) is 9.80. The third-order valence-corrected chi connectivity index (χ3v) is 1.89. The molecule has 2 heteroatoms. The molecule has 80 valence electrons. The van der Waals surface area contributed by atoms with Gasteiger partial charge in [-0.05, 0) is 18.9 Å². The average Bonchev–Trinajstić information content (AvgIpc) is 1.81. The average molecular weight is 187 g/mol. The van der Waals surface area contributed by atoms with E-state index in [1.165, 1.54) is 0 Å². The first-order chi connectivity index (χ1) is 5.85. The molecule has 1 unspecified atom stereocenters. The van der Waals surface area contributed by atoms with Gasteiger partial charge in [0, 0.05) is 13.1 Å². The minimum atomic E-state index is -0.155. The van der Waals surface area contributed by atoms with Crippen LogP contribution in [0.25, 0.3) is 0 Å². The summed E-state index contributed by atoms with van der Waals surface area (Å²) >= 11 is 0. The fraction of sp³-hybridized carbons (Fsp3) is 1.00. The summed E-state index contributed by atoms with van der Waals surface area (Å²) in [5.41, 5.74) is 0.320. The van der Waals surface area contributed by atoms with Gasteiger partial charge in [0.15, 0.2) is 0 Å².